The number of rotatable bonds is 7. The van der Waals surface area contributed by atoms with Gasteiger partial charge in [-0.3, -0.25) is 4.79 Å². The number of ether oxygens (including phenoxy) is 1. The number of benzene rings is 3. The molecule has 0 saturated heterocycles. The van der Waals surface area contributed by atoms with Gasteiger partial charge in [0.25, 0.3) is 0 Å². The molecule has 7 nitrogen and oxygen atoms in total. The molecule has 0 unspecified atom stereocenters. The van der Waals surface area contributed by atoms with E-state index in [1.54, 1.807) is 7.11 Å². The monoisotopic (exact) mass is 440 g/mol. The lowest BCUT2D eigenvalue weighted by molar-refractivity contribution is -0.116. The summed E-state index contributed by atoms with van der Waals surface area (Å²) in [5, 5.41) is 9.33. The summed E-state index contributed by atoms with van der Waals surface area (Å²) in [4.78, 5) is 17.0. The Labute approximate surface area is 191 Å². The van der Waals surface area contributed by atoms with Gasteiger partial charge in [0.15, 0.2) is 0 Å². The summed E-state index contributed by atoms with van der Waals surface area (Å²) in [6, 6.07) is 21.8. The maximum Gasteiger partial charge on any atom is 0.227 e. The molecular formula is C26H24N4O3. The second-order valence-corrected chi connectivity index (χ2v) is 7.75. The fourth-order valence-electron chi connectivity index (χ4n) is 4.21. The van der Waals surface area contributed by atoms with Crippen molar-refractivity contribution < 1.29 is 14.1 Å². The van der Waals surface area contributed by atoms with Crippen LogP contribution in [0.1, 0.15) is 19.2 Å². The number of methoxy groups -OCH3 is 1. The van der Waals surface area contributed by atoms with Gasteiger partial charge in [-0.15, -0.1) is 0 Å². The summed E-state index contributed by atoms with van der Waals surface area (Å²) in [5.41, 5.74) is 3.87. The molecule has 0 atom stereocenters. The lowest BCUT2D eigenvalue weighted by Gasteiger charge is -2.06. The first-order valence-electron chi connectivity index (χ1n) is 10.9. The summed E-state index contributed by atoms with van der Waals surface area (Å²) < 4.78 is 13.0. The van der Waals surface area contributed by atoms with E-state index >= 15 is 0 Å². The Morgan fingerprint density at radius 3 is 2.67 bits per heavy atom. The van der Waals surface area contributed by atoms with Crippen LogP contribution in [0.5, 0.6) is 5.75 Å². The van der Waals surface area contributed by atoms with Gasteiger partial charge in [-0.25, -0.2) is 0 Å². The molecule has 0 saturated carbocycles. The number of para-hydroxylation sites is 2. The van der Waals surface area contributed by atoms with Crippen LogP contribution >= 0.6 is 0 Å². The Bertz CT molecular complexity index is 1450. The highest BCUT2D eigenvalue weighted by Gasteiger charge is 2.15. The Hall–Kier alpha value is -4.13. The average Bonchev–Trinajstić information content (AvgIpc) is 3.45. The number of aromatic nitrogens is 3. The molecule has 2 heterocycles. The Morgan fingerprint density at radius 1 is 1.03 bits per heavy atom. The number of carbonyl (C=O) groups is 1. The molecule has 0 bridgehead atoms. The van der Waals surface area contributed by atoms with Gasteiger partial charge in [-0.2, -0.15) is 4.98 Å². The Morgan fingerprint density at radius 2 is 1.82 bits per heavy atom. The molecule has 0 aliphatic heterocycles. The van der Waals surface area contributed by atoms with Gasteiger partial charge in [0.05, 0.1) is 12.7 Å². The number of amides is 1. The second-order valence-electron chi connectivity index (χ2n) is 7.75. The molecule has 5 rings (SSSR count). The highest BCUT2D eigenvalue weighted by molar-refractivity contribution is 6.09. The smallest absolute Gasteiger partial charge is 0.227 e. The van der Waals surface area contributed by atoms with Gasteiger partial charge in [0, 0.05) is 46.9 Å². The van der Waals surface area contributed by atoms with E-state index in [0.717, 1.165) is 28.7 Å². The van der Waals surface area contributed by atoms with Gasteiger partial charge in [0.2, 0.25) is 17.6 Å². The van der Waals surface area contributed by atoms with Crippen LogP contribution in [-0.4, -0.2) is 27.7 Å². The minimum Gasteiger partial charge on any atom is -0.496 e. The molecule has 5 aromatic rings. The number of fused-ring (bicyclic) bond motifs is 3. The van der Waals surface area contributed by atoms with Crippen LogP contribution < -0.4 is 10.1 Å². The van der Waals surface area contributed by atoms with Crippen molar-refractivity contribution in [2.24, 2.45) is 0 Å². The highest BCUT2D eigenvalue weighted by atomic mass is 16.5. The van der Waals surface area contributed by atoms with Crippen molar-refractivity contribution in [1.82, 2.24) is 14.7 Å². The van der Waals surface area contributed by atoms with Crippen molar-refractivity contribution in [3.8, 4) is 17.1 Å². The molecular weight excluding hydrogens is 416 g/mol. The number of hydrogen-bond acceptors (Lipinski definition) is 5. The van der Waals surface area contributed by atoms with E-state index in [1.165, 1.54) is 10.9 Å². The molecule has 0 aliphatic rings. The summed E-state index contributed by atoms with van der Waals surface area (Å²) in [6.45, 7) is 3.02. The third kappa shape index (κ3) is 3.93. The standard InChI is InChI=1S/C26H24N4O3/c1-3-30-21-10-6-4-8-18(21)20-16-17(12-13-22(20)30)27-24(31)14-15-25-28-26(29-33-25)19-9-5-7-11-23(19)32-2/h4-13,16H,3,14-15H2,1-2H3,(H,27,31). The number of anilines is 1. The van der Waals surface area contributed by atoms with Crippen molar-refractivity contribution >= 4 is 33.4 Å². The first-order chi connectivity index (χ1) is 16.2. The van der Waals surface area contributed by atoms with E-state index in [1.807, 2.05) is 48.5 Å². The largest absolute Gasteiger partial charge is 0.496 e. The molecule has 1 N–H and O–H groups in total. The van der Waals surface area contributed by atoms with Crippen molar-refractivity contribution in [3.05, 3.63) is 72.6 Å². The second kappa shape index (κ2) is 8.78. The fourth-order valence-corrected chi connectivity index (χ4v) is 4.21. The van der Waals surface area contributed by atoms with Crippen LogP contribution in [0.2, 0.25) is 0 Å². The van der Waals surface area contributed by atoms with Crippen molar-refractivity contribution in [3.63, 3.8) is 0 Å². The summed E-state index contributed by atoms with van der Waals surface area (Å²) >= 11 is 0. The fraction of sp³-hybridized carbons (Fsp3) is 0.192. The molecule has 33 heavy (non-hydrogen) atoms. The molecule has 3 aromatic carbocycles. The van der Waals surface area contributed by atoms with Gasteiger partial charge in [0.1, 0.15) is 5.75 Å². The zero-order valence-corrected chi connectivity index (χ0v) is 18.5. The normalized spacial score (nSPS) is 11.2. The minimum absolute atomic E-state index is 0.106. The third-order valence-corrected chi connectivity index (χ3v) is 5.75. The summed E-state index contributed by atoms with van der Waals surface area (Å²) in [7, 11) is 1.60. The number of carbonyl (C=O) groups excluding carboxylic acids is 1. The van der Waals surface area contributed by atoms with E-state index in [4.69, 9.17) is 9.26 Å². The van der Waals surface area contributed by atoms with Crippen molar-refractivity contribution in [2.45, 2.75) is 26.3 Å². The van der Waals surface area contributed by atoms with Crippen LogP contribution in [-0.2, 0) is 17.8 Å². The van der Waals surface area contributed by atoms with E-state index in [9.17, 15) is 4.79 Å². The molecule has 0 spiro atoms. The quantitative estimate of drug-likeness (QED) is 0.364. The van der Waals surface area contributed by atoms with Crippen LogP contribution in [0.4, 0.5) is 5.69 Å². The molecule has 0 radical (unpaired) electrons. The topological polar surface area (TPSA) is 82.2 Å². The van der Waals surface area contributed by atoms with Crippen LogP contribution in [0, 0.1) is 0 Å². The van der Waals surface area contributed by atoms with E-state index in [0.29, 0.717) is 23.9 Å². The Kier molecular flexibility index (Phi) is 5.52. The van der Waals surface area contributed by atoms with Gasteiger partial charge in [-0.1, -0.05) is 35.5 Å². The zero-order valence-electron chi connectivity index (χ0n) is 18.5. The maximum atomic E-state index is 12.6. The number of nitrogens with one attached hydrogen (secondary N) is 1. The Balaban J connectivity index is 1.29. The zero-order chi connectivity index (χ0) is 22.8. The van der Waals surface area contributed by atoms with Crippen molar-refractivity contribution in [2.75, 3.05) is 12.4 Å². The van der Waals surface area contributed by atoms with Crippen LogP contribution in [0.3, 0.4) is 0 Å². The minimum atomic E-state index is -0.106. The molecule has 1 amide bonds. The third-order valence-electron chi connectivity index (χ3n) is 5.75. The lowest BCUT2D eigenvalue weighted by atomic mass is 10.1. The maximum absolute atomic E-state index is 12.6. The molecule has 7 heteroatoms. The molecule has 0 aliphatic carbocycles. The van der Waals surface area contributed by atoms with Gasteiger partial charge < -0.3 is 19.1 Å². The number of hydrogen-bond donors (Lipinski definition) is 1. The molecule has 166 valence electrons. The van der Waals surface area contributed by atoms with Gasteiger partial charge in [-0.05, 0) is 43.3 Å². The molecule has 0 fully saturated rings. The lowest BCUT2D eigenvalue weighted by Crippen LogP contribution is -2.12. The summed E-state index contributed by atoms with van der Waals surface area (Å²) in [5.74, 6) is 1.42. The predicted octanol–water partition coefficient (Wildman–Crippen LogP) is 5.44. The van der Waals surface area contributed by atoms with E-state index in [2.05, 4.69) is 45.1 Å². The average molecular weight is 441 g/mol. The van der Waals surface area contributed by atoms with E-state index < -0.39 is 0 Å². The van der Waals surface area contributed by atoms with Crippen LogP contribution in [0.25, 0.3) is 33.2 Å². The summed E-state index contributed by atoms with van der Waals surface area (Å²) in [6.07, 6.45) is 0.591. The van der Waals surface area contributed by atoms with Crippen molar-refractivity contribution in [1.29, 1.82) is 0 Å². The first-order valence-corrected chi connectivity index (χ1v) is 10.9. The number of nitrogens with zero attached hydrogens (tertiary/aromatic N) is 3. The predicted molar refractivity (Wildman–Crippen MR) is 128 cm³/mol. The van der Waals surface area contributed by atoms with E-state index in [-0.39, 0.29) is 12.3 Å². The SMILES string of the molecule is CCn1c2ccccc2c2cc(NC(=O)CCc3nc(-c4ccccc4OC)no3)ccc21. The highest BCUT2D eigenvalue weighted by Crippen LogP contribution is 2.31. The van der Waals surface area contributed by atoms with Crippen LogP contribution in [0.15, 0.2) is 71.3 Å². The molecule has 2 aromatic heterocycles. The first kappa shape index (κ1) is 20.8. The number of aryl methyl sites for hydroxylation is 2. The van der Waals surface area contributed by atoms with Gasteiger partial charge >= 0.3 is 0 Å².